The van der Waals surface area contributed by atoms with Crippen LogP contribution in [0.25, 0.3) is 10.9 Å². The maximum Gasteiger partial charge on any atom is 0.270 e. The lowest BCUT2D eigenvalue weighted by Crippen LogP contribution is -2.40. The summed E-state index contributed by atoms with van der Waals surface area (Å²) in [5.41, 5.74) is 3.02. The highest BCUT2D eigenvalue weighted by molar-refractivity contribution is 5.98. The van der Waals surface area contributed by atoms with Gasteiger partial charge < -0.3 is 14.6 Å². The summed E-state index contributed by atoms with van der Waals surface area (Å²) in [6, 6.07) is 20.6. The van der Waals surface area contributed by atoms with Crippen LogP contribution in [0.1, 0.15) is 29.4 Å². The lowest BCUT2D eigenvalue weighted by molar-refractivity contribution is 0.0744. The van der Waals surface area contributed by atoms with Gasteiger partial charge in [-0.2, -0.15) is 0 Å². The lowest BCUT2D eigenvalue weighted by Gasteiger charge is -2.26. The van der Waals surface area contributed by atoms with E-state index in [2.05, 4.69) is 33.7 Å². The third-order valence-corrected chi connectivity index (χ3v) is 5.92. The molecule has 0 aliphatic carbocycles. The highest BCUT2D eigenvalue weighted by atomic mass is 16.3. The molecule has 29 heavy (non-hydrogen) atoms. The maximum absolute atomic E-state index is 13.5. The van der Waals surface area contributed by atoms with Crippen LogP contribution >= 0.6 is 0 Å². The zero-order valence-corrected chi connectivity index (χ0v) is 17.0. The molecule has 2 aromatic carbocycles. The highest BCUT2D eigenvalue weighted by Gasteiger charge is 2.25. The van der Waals surface area contributed by atoms with Crippen molar-refractivity contribution >= 4 is 16.8 Å². The van der Waals surface area contributed by atoms with Crippen LogP contribution in [0.4, 0.5) is 0 Å². The number of hydrogen-bond donors (Lipinski definition) is 1. The summed E-state index contributed by atoms with van der Waals surface area (Å²) in [4.78, 5) is 17.8. The minimum Gasteiger partial charge on any atom is -0.395 e. The first-order valence-corrected chi connectivity index (χ1v) is 10.4. The number of para-hydroxylation sites is 1. The lowest BCUT2D eigenvalue weighted by atomic mass is 10.2. The average Bonchev–Trinajstić information content (AvgIpc) is 2.95. The van der Waals surface area contributed by atoms with Crippen LogP contribution in [0.15, 0.2) is 60.7 Å². The minimum absolute atomic E-state index is 0.0932. The fraction of sp³-hybridized carbons (Fsp3) is 0.375. The second kappa shape index (κ2) is 8.80. The first-order chi connectivity index (χ1) is 14.2. The molecule has 0 bridgehead atoms. The first kappa shape index (κ1) is 19.7. The van der Waals surface area contributed by atoms with Gasteiger partial charge in [-0.15, -0.1) is 0 Å². The Kier molecular flexibility index (Phi) is 5.97. The molecule has 2 heterocycles. The predicted octanol–water partition coefficient (Wildman–Crippen LogP) is 3.22. The Balaban J connectivity index is 1.63. The molecule has 1 atom stereocenters. The third-order valence-electron chi connectivity index (χ3n) is 5.92. The zero-order chi connectivity index (χ0) is 20.2. The summed E-state index contributed by atoms with van der Waals surface area (Å²) < 4.78 is 2.14. The number of fused-ring (bicyclic) bond motifs is 1. The van der Waals surface area contributed by atoms with Gasteiger partial charge in [0.1, 0.15) is 5.69 Å². The van der Waals surface area contributed by atoms with E-state index in [0.29, 0.717) is 13.1 Å². The van der Waals surface area contributed by atoms with E-state index in [9.17, 15) is 9.90 Å². The summed E-state index contributed by atoms with van der Waals surface area (Å²) in [5.74, 6) is 0.0932. The van der Waals surface area contributed by atoms with Crippen LogP contribution in [0.3, 0.4) is 0 Å². The third kappa shape index (κ3) is 4.21. The van der Waals surface area contributed by atoms with Crippen molar-refractivity contribution in [1.29, 1.82) is 0 Å². The Bertz CT molecular complexity index is 967. The van der Waals surface area contributed by atoms with Crippen LogP contribution < -0.4 is 0 Å². The van der Waals surface area contributed by atoms with E-state index in [1.54, 1.807) is 0 Å². The number of nitrogens with zero attached hydrogens (tertiary/aromatic N) is 3. The molecule has 1 N–H and O–H groups in total. The van der Waals surface area contributed by atoms with E-state index in [0.717, 1.165) is 42.7 Å². The molecule has 0 spiro atoms. The summed E-state index contributed by atoms with van der Waals surface area (Å²) >= 11 is 0. The van der Waals surface area contributed by atoms with Crippen molar-refractivity contribution in [2.45, 2.75) is 25.9 Å². The molecule has 5 nitrogen and oxygen atoms in total. The number of hydrogen-bond acceptors (Lipinski definition) is 3. The molecular formula is C24H29N3O2. The zero-order valence-electron chi connectivity index (χ0n) is 17.0. The van der Waals surface area contributed by atoms with Crippen molar-refractivity contribution in [3.05, 3.63) is 71.9 Å². The van der Waals surface area contributed by atoms with Crippen LogP contribution in [0, 0.1) is 0 Å². The Hall–Kier alpha value is -2.63. The topological polar surface area (TPSA) is 48.7 Å². The highest BCUT2D eigenvalue weighted by Crippen LogP contribution is 2.23. The molecule has 1 aliphatic heterocycles. The van der Waals surface area contributed by atoms with Crippen molar-refractivity contribution in [3.63, 3.8) is 0 Å². The van der Waals surface area contributed by atoms with Crippen molar-refractivity contribution in [2.24, 2.45) is 0 Å². The number of aromatic nitrogens is 1. The van der Waals surface area contributed by atoms with E-state index < -0.39 is 0 Å². The number of carbonyl (C=O) groups is 1. The second-order valence-corrected chi connectivity index (χ2v) is 7.87. The van der Waals surface area contributed by atoms with Gasteiger partial charge in [-0.25, -0.2) is 0 Å². The number of benzene rings is 2. The van der Waals surface area contributed by atoms with Gasteiger partial charge in [-0.3, -0.25) is 9.69 Å². The van der Waals surface area contributed by atoms with Crippen LogP contribution in [-0.4, -0.2) is 64.2 Å². The number of rotatable bonds is 5. The molecule has 3 aromatic rings. The van der Waals surface area contributed by atoms with E-state index >= 15 is 0 Å². The van der Waals surface area contributed by atoms with Gasteiger partial charge >= 0.3 is 0 Å². The Morgan fingerprint density at radius 1 is 1.00 bits per heavy atom. The minimum atomic E-state index is 0.0932. The molecule has 0 saturated carbocycles. The van der Waals surface area contributed by atoms with Crippen molar-refractivity contribution < 1.29 is 9.90 Å². The largest absolute Gasteiger partial charge is 0.395 e. The van der Waals surface area contributed by atoms with Crippen LogP contribution in [0.2, 0.25) is 0 Å². The van der Waals surface area contributed by atoms with E-state index in [4.69, 9.17) is 0 Å². The molecule has 1 aromatic heterocycles. The SMILES string of the molecule is CC(CO)N1CCCN(C(=O)c2cc3ccccc3n2Cc2ccccc2)CC1. The summed E-state index contributed by atoms with van der Waals surface area (Å²) in [5, 5.41) is 10.6. The number of aliphatic hydroxyl groups excluding tert-OH is 1. The molecule has 1 unspecified atom stereocenters. The molecule has 152 valence electrons. The summed E-state index contributed by atoms with van der Waals surface area (Å²) in [6.45, 7) is 6.02. The maximum atomic E-state index is 13.5. The molecule has 4 rings (SSSR count). The number of amides is 1. The first-order valence-electron chi connectivity index (χ1n) is 10.4. The van der Waals surface area contributed by atoms with Crippen molar-refractivity contribution in [2.75, 3.05) is 32.8 Å². The van der Waals surface area contributed by atoms with Crippen molar-refractivity contribution in [1.82, 2.24) is 14.4 Å². The molecule has 1 fully saturated rings. The molecule has 1 aliphatic rings. The second-order valence-electron chi connectivity index (χ2n) is 7.87. The predicted molar refractivity (Wildman–Crippen MR) is 116 cm³/mol. The fourth-order valence-corrected chi connectivity index (χ4v) is 4.18. The fourth-order valence-electron chi connectivity index (χ4n) is 4.18. The van der Waals surface area contributed by atoms with Crippen LogP contribution in [-0.2, 0) is 6.54 Å². The quantitative estimate of drug-likeness (QED) is 0.727. The monoisotopic (exact) mass is 391 g/mol. The van der Waals surface area contributed by atoms with E-state index in [1.807, 2.05) is 48.2 Å². The average molecular weight is 392 g/mol. The standard InChI is InChI=1S/C24H29N3O2/c1-19(18-28)25-12-7-13-26(15-14-25)24(29)23-16-21-10-5-6-11-22(21)27(23)17-20-8-3-2-4-9-20/h2-6,8-11,16,19,28H,7,12-15,17-18H2,1H3. The van der Waals surface area contributed by atoms with Crippen LogP contribution in [0.5, 0.6) is 0 Å². The van der Waals surface area contributed by atoms with Gasteiger partial charge in [0.25, 0.3) is 5.91 Å². The van der Waals surface area contributed by atoms with Gasteiger partial charge in [0, 0.05) is 49.7 Å². The summed E-state index contributed by atoms with van der Waals surface area (Å²) in [6.07, 6.45) is 0.926. The van der Waals surface area contributed by atoms with Gasteiger partial charge in [0.2, 0.25) is 0 Å². The Morgan fingerprint density at radius 2 is 1.76 bits per heavy atom. The van der Waals surface area contributed by atoms with Gasteiger partial charge in [-0.05, 0) is 31.0 Å². The molecule has 1 amide bonds. The smallest absolute Gasteiger partial charge is 0.270 e. The molecule has 0 radical (unpaired) electrons. The Morgan fingerprint density at radius 3 is 2.55 bits per heavy atom. The molecular weight excluding hydrogens is 362 g/mol. The Labute approximate surface area is 172 Å². The molecule has 5 heteroatoms. The van der Waals surface area contributed by atoms with Crippen molar-refractivity contribution in [3.8, 4) is 0 Å². The van der Waals surface area contributed by atoms with Gasteiger partial charge in [0.15, 0.2) is 0 Å². The van der Waals surface area contributed by atoms with Gasteiger partial charge in [0.05, 0.1) is 6.61 Å². The summed E-state index contributed by atoms with van der Waals surface area (Å²) in [7, 11) is 0. The normalized spacial score (nSPS) is 16.7. The van der Waals surface area contributed by atoms with E-state index in [-0.39, 0.29) is 18.6 Å². The molecule has 1 saturated heterocycles. The number of aliphatic hydroxyl groups is 1. The van der Waals surface area contributed by atoms with E-state index in [1.165, 1.54) is 5.56 Å². The van der Waals surface area contributed by atoms with Gasteiger partial charge in [-0.1, -0.05) is 48.5 Å². The number of carbonyl (C=O) groups excluding carboxylic acids is 1.